The van der Waals surface area contributed by atoms with E-state index in [2.05, 4.69) is 5.32 Å². The zero-order valence-corrected chi connectivity index (χ0v) is 17.1. The van der Waals surface area contributed by atoms with Crippen LogP contribution in [-0.4, -0.2) is 11.7 Å². The van der Waals surface area contributed by atoms with Gasteiger partial charge in [0.2, 0.25) is 0 Å². The number of ketones is 1. The topological polar surface area (TPSA) is 55.4 Å². The van der Waals surface area contributed by atoms with E-state index in [1.54, 1.807) is 60.7 Å². The van der Waals surface area contributed by atoms with Crippen molar-refractivity contribution < 1.29 is 18.7 Å². The van der Waals surface area contributed by atoms with E-state index >= 15 is 4.39 Å². The van der Waals surface area contributed by atoms with Crippen LogP contribution >= 0.6 is 0 Å². The predicted molar refractivity (Wildman–Crippen MR) is 120 cm³/mol. The van der Waals surface area contributed by atoms with Gasteiger partial charge in [-0.1, -0.05) is 78.9 Å². The highest BCUT2D eigenvalue weighted by Crippen LogP contribution is 2.32. The van der Waals surface area contributed by atoms with Gasteiger partial charge in [-0.3, -0.25) is 9.59 Å². The van der Waals surface area contributed by atoms with Gasteiger partial charge in [0.1, 0.15) is 5.75 Å². The summed E-state index contributed by atoms with van der Waals surface area (Å²) >= 11 is 0. The lowest BCUT2D eigenvalue weighted by Gasteiger charge is -2.15. The first-order valence-electron chi connectivity index (χ1n) is 10.1. The number of hydrogen-bond donors (Lipinski definition) is 1. The number of carbonyl (C=O) groups excluding carboxylic acids is 2. The third-order valence-corrected chi connectivity index (χ3v) is 4.88. The number of amides is 1. The van der Waals surface area contributed by atoms with Gasteiger partial charge in [0, 0.05) is 12.1 Å². The fourth-order valence-electron chi connectivity index (χ4n) is 3.23. The van der Waals surface area contributed by atoms with Gasteiger partial charge in [-0.25, -0.2) is 4.39 Å². The zero-order valence-electron chi connectivity index (χ0n) is 17.1. The molecule has 0 aliphatic rings. The molecular weight excluding hydrogens is 405 g/mol. The van der Waals surface area contributed by atoms with Crippen molar-refractivity contribution in [3.8, 4) is 11.5 Å². The van der Waals surface area contributed by atoms with E-state index in [4.69, 9.17) is 4.74 Å². The molecule has 0 bridgehead atoms. The normalized spacial score (nSPS) is 10.4. The molecule has 0 aliphatic carbocycles. The van der Waals surface area contributed by atoms with Crippen LogP contribution in [0.2, 0.25) is 0 Å². The summed E-state index contributed by atoms with van der Waals surface area (Å²) in [6, 6.07) is 29.1. The number of ether oxygens (including phenoxy) is 1. The number of carbonyl (C=O) groups is 2. The van der Waals surface area contributed by atoms with Crippen molar-refractivity contribution in [2.75, 3.05) is 0 Å². The molecule has 0 radical (unpaired) electrons. The lowest BCUT2D eigenvalue weighted by atomic mass is 10.00. The Balaban J connectivity index is 1.69. The molecule has 5 heteroatoms. The molecule has 0 heterocycles. The zero-order chi connectivity index (χ0) is 22.3. The molecule has 1 amide bonds. The highest BCUT2D eigenvalue weighted by atomic mass is 19.1. The standard InChI is InChI=1S/C27H20FNO3/c28-24-22(25(30)20-12-6-2-7-13-20)16-17-23(26(24)32-21-14-8-3-9-15-21)27(31)29-18-19-10-4-1-5-11-19/h1-17H,18H2,(H,29,31). The van der Waals surface area contributed by atoms with Crippen molar-refractivity contribution >= 4 is 11.7 Å². The fourth-order valence-corrected chi connectivity index (χ4v) is 3.23. The molecule has 0 unspecified atom stereocenters. The third-order valence-electron chi connectivity index (χ3n) is 4.88. The van der Waals surface area contributed by atoms with Crippen LogP contribution in [0.4, 0.5) is 4.39 Å². The van der Waals surface area contributed by atoms with Crippen molar-refractivity contribution in [3.63, 3.8) is 0 Å². The Kier molecular flexibility index (Phi) is 6.37. The molecule has 0 aromatic heterocycles. The molecule has 1 N–H and O–H groups in total. The Labute approximate surface area is 185 Å². The summed E-state index contributed by atoms with van der Waals surface area (Å²) < 4.78 is 21.3. The summed E-state index contributed by atoms with van der Waals surface area (Å²) in [5.74, 6) is -1.80. The van der Waals surface area contributed by atoms with Crippen molar-refractivity contribution in [2.24, 2.45) is 0 Å². The quantitative estimate of drug-likeness (QED) is 0.382. The minimum atomic E-state index is -0.880. The van der Waals surface area contributed by atoms with Crippen LogP contribution in [0, 0.1) is 5.82 Å². The van der Waals surface area contributed by atoms with Crippen LogP contribution in [0.3, 0.4) is 0 Å². The number of benzene rings is 4. The molecule has 4 nitrogen and oxygen atoms in total. The first-order valence-corrected chi connectivity index (χ1v) is 10.1. The fraction of sp³-hybridized carbons (Fsp3) is 0.0370. The second-order valence-electron chi connectivity index (χ2n) is 7.08. The minimum absolute atomic E-state index is 0.00639. The molecule has 0 spiro atoms. The van der Waals surface area contributed by atoms with Crippen LogP contribution in [-0.2, 0) is 6.54 Å². The van der Waals surface area contributed by atoms with Crippen molar-refractivity contribution in [3.05, 3.63) is 131 Å². The van der Waals surface area contributed by atoms with Crippen LogP contribution in [0.1, 0.15) is 31.8 Å². The summed E-state index contributed by atoms with van der Waals surface area (Å²) in [7, 11) is 0. The van der Waals surface area contributed by atoms with E-state index in [0.717, 1.165) is 5.56 Å². The number of hydrogen-bond acceptors (Lipinski definition) is 3. The summed E-state index contributed by atoms with van der Waals surface area (Å²) in [6.07, 6.45) is 0. The molecule has 32 heavy (non-hydrogen) atoms. The molecule has 0 fully saturated rings. The van der Waals surface area contributed by atoms with E-state index in [9.17, 15) is 9.59 Å². The van der Waals surface area contributed by atoms with E-state index in [1.165, 1.54) is 12.1 Å². The molecule has 0 saturated carbocycles. The van der Waals surface area contributed by atoms with Gasteiger partial charge in [0.25, 0.3) is 5.91 Å². The second-order valence-corrected chi connectivity index (χ2v) is 7.08. The van der Waals surface area contributed by atoms with Gasteiger partial charge in [0.15, 0.2) is 17.3 Å². The smallest absolute Gasteiger partial charge is 0.255 e. The molecule has 4 rings (SSSR count). The van der Waals surface area contributed by atoms with E-state index < -0.39 is 17.5 Å². The maximum atomic E-state index is 15.6. The lowest BCUT2D eigenvalue weighted by Crippen LogP contribution is -2.24. The molecule has 0 saturated heterocycles. The summed E-state index contributed by atoms with van der Waals surface area (Å²) in [5, 5.41) is 2.78. The summed E-state index contributed by atoms with van der Waals surface area (Å²) in [6.45, 7) is 0.275. The first kappa shape index (κ1) is 21.0. The Bertz CT molecular complexity index is 1230. The number of para-hydroxylation sites is 1. The SMILES string of the molecule is O=C(c1ccccc1)c1ccc(C(=O)NCc2ccccc2)c(Oc2ccccc2)c1F. The second kappa shape index (κ2) is 9.71. The van der Waals surface area contributed by atoms with E-state index in [0.29, 0.717) is 11.3 Å². The van der Waals surface area contributed by atoms with Crippen LogP contribution in [0.15, 0.2) is 103 Å². The van der Waals surface area contributed by atoms with Gasteiger partial charge in [-0.05, 0) is 29.8 Å². The van der Waals surface area contributed by atoms with E-state index in [-0.39, 0.29) is 23.4 Å². The van der Waals surface area contributed by atoms with Crippen LogP contribution in [0.5, 0.6) is 11.5 Å². The minimum Gasteiger partial charge on any atom is -0.453 e. The molecule has 0 atom stereocenters. The van der Waals surface area contributed by atoms with Gasteiger partial charge in [-0.2, -0.15) is 0 Å². The lowest BCUT2D eigenvalue weighted by molar-refractivity contribution is 0.0945. The Morgan fingerprint density at radius 2 is 1.28 bits per heavy atom. The number of rotatable bonds is 7. The molecular formula is C27H20FNO3. The maximum Gasteiger partial charge on any atom is 0.255 e. The highest BCUT2D eigenvalue weighted by Gasteiger charge is 2.24. The van der Waals surface area contributed by atoms with E-state index in [1.807, 2.05) is 30.3 Å². The third kappa shape index (κ3) is 4.73. The number of halogens is 1. The Hall–Kier alpha value is -4.25. The highest BCUT2D eigenvalue weighted by molar-refractivity contribution is 6.10. The largest absolute Gasteiger partial charge is 0.453 e. The van der Waals surface area contributed by atoms with Gasteiger partial charge < -0.3 is 10.1 Å². The molecule has 4 aromatic rings. The predicted octanol–water partition coefficient (Wildman–Crippen LogP) is 5.78. The maximum absolute atomic E-state index is 15.6. The van der Waals surface area contributed by atoms with Crippen LogP contribution in [0.25, 0.3) is 0 Å². The molecule has 158 valence electrons. The average molecular weight is 425 g/mol. The number of nitrogens with one attached hydrogen (secondary N) is 1. The van der Waals surface area contributed by atoms with Crippen LogP contribution < -0.4 is 10.1 Å². The van der Waals surface area contributed by atoms with Crippen molar-refractivity contribution in [1.29, 1.82) is 0 Å². The monoisotopic (exact) mass is 425 g/mol. The first-order chi connectivity index (χ1) is 15.6. The Morgan fingerprint density at radius 3 is 1.94 bits per heavy atom. The van der Waals surface area contributed by atoms with Crippen molar-refractivity contribution in [2.45, 2.75) is 6.54 Å². The van der Waals surface area contributed by atoms with Crippen molar-refractivity contribution in [1.82, 2.24) is 5.32 Å². The molecule has 0 aliphatic heterocycles. The summed E-state index contributed by atoms with van der Waals surface area (Å²) in [5.41, 5.74) is 1.09. The summed E-state index contributed by atoms with van der Waals surface area (Å²) in [4.78, 5) is 25.8. The average Bonchev–Trinajstić information content (AvgIpc) is 2.85. The molecule has 4 aromatic carbocycles. The van der Waals surface area contributed by atoms with Gasteiger partial charge in [0.05, 0.1) is 11.1 Å². The van der Waals surface area contributed by atoms with Gasteiger partial charge >= 0.3 is 0 Å². The Morgan fingerprint density at radius 1 is 0.719 bits per heavy atom. The van der Waals surface area contributed by atoms with Gasteiger partial charge in [-0.15, -0.1) is 0 Å².